The Morgan fingerprint density at radius 1 is 1.10 bits per heavy atom. The van der Waals surface area contributed by atoms with E-state index in [1.54, 1.807) is 4.90 Å². The van der Waals surface area contributed by atoms with Crippen LogP contribution in [0, 0.1) is 5.82 Å². The number of morpholine rings is 1. The molecule has 2 fully saturated rings. The summed E-state index contributed by atoms with van der Waals surface area (Å²) in [6, 6.07) is 5.53. The molecular formula is C29H34FN7O4. The third-order valence-electron chi connectivity index (χ3n) is 7.83. The van der Waals surface area contributed by atoms with Crippen molar-refractivity contribution in [1.82, 2.24) is 30.4 Å². The minimum atomic E-state index is -0.528. The minimum Gasteiger partial charge on any atom is -0.490 e. The lowest BCUT2D eigenvalue weighted by Gasteiger charge is -2.39. The number of benzene rings is 1. The van der Waals surface area contributed by atoms with Crippen molar-refractivity contribution in [2.45, 2.75) is 57.8 Å². The van der Waals surface area contributed by atoms with Crippen LogP contribution in [0.4, 0.5) is 10.2 Å². The zero-order valence-electron chi connectivity index (χ0n) is 23.3. The number of hydrogen-bond donors (Lipinski definition) is 1. The number of hydrogen-bond acceptors (Lipinski definition) is 10. The van der Waals surface area contributed by atoms with Crippen molar-refractivity contribution in [3.63, 3.8) is 0 Å². The number of rotatable bonds is 6. The minimum absolute atomic E-state index is 0.0534. The molecule has 1 N–H and O–H groups in total. The molecule has 1 aromatic carbocycles. The van der Waals surface area contributed by atoms with E-state index in [0.29, 0.717) is 32.1 Å². The monoisotopic (exact) mass is 563 g/mol. The maximum absolute atomic E-state index is 14.3. The van der Waals surface area contributed by atoms with Crippen LogP contribution in [0.25, 0.3) is 0 Å². The van der Waals surface area contributed by atoms with Crippen molar-refractivity contribution >= 4 is 11.7 Å². The van der Waals surface area contributed by atoms with Gasteiger partial charge >= 0.3 is 0 Å². The van der Waals surface area contributed by atoms with Crippen LogP contribution >= 0.6 is 0 Å². The fourth-order valence-electron chi connectivity index (χ4n) is 5.76. The Bertz CT molecular complexity index is 1390. The van der Waals surface area contributed by atoms with Gasteiger partial charge in [0.1, 0.15) is 29.7 Å². The molecule has 3 aliphatic heterocycles. The average molecular weight is 564 g/mol. The summed E-state index contributed by atoms with van der Waals surface area (Å²) in [4.78, 5) is 26.3. The first kappa shape index (κ1) is 27.3. The smallest absolute Gasteiger partial charge is 0.282 e. The third-order valence-corrected chi connectivity index (χ3v) is 7.83. The van der Waals surface area contributed by atoms with Crippen molar-refractivity contribution in [2.75, 3.05) is 37.7 Å². The second-order valence-electron chi connectivity index (χ2n) is 10.7. The molecule has 0 unspecified atom stereocenters. The maximum Gasteiger partial charge on any atom is 0.282 e. The van der Waals surface area contributed by atoms with Gasteiger partial charge in [-0.05, 0) is 38.1 Å². The summed E-state index contributed by atoms with van der Waals surface area (Å²) in [5, 5.41) is 11.5. The van der Waals surface area contributed by atoms with Gasteiger partial charge in [0.25, 0.3) is 11.8 Å². The second kappa shape index (κ2) is 11.9. The molecule has 0 bridgehead atoms. The Hall–Kier alpha value is -3.90. The summed E-state index contributed by atoms with van der Waals surface area (Å²) in [7, 11) is 0. The Kier molecular flexibility index (Phi) is 7.93. The third kappa shape index (κ3) is 5.80. The van der Waals surface area contributed by atoms with Crippen LogP contribution in [0.1, 0.15) is 48.3 Å². The lowest BCUT2D eigenvalue weighted by Crippen LogP contribution is -2.52. The summed E-state index contributed by atoms with van der Waals surface area (Å²) in [6.45, 7) is 7.68. The predicted molar refractivity (Wildman–Crippen MR) is 148 cm³/mol. The van der Waals surface area contributed by atoms with E-state index in [1.807, 2.05) is 26.1 Å². The molecule has 0 spiro atoms. The van der Waals surface area contributed by atoms with E-state index in [1.165, 1.54) is 24.5 Å². The number of fused-ring (bicyclic) bond motifs is 1. The lowest BCUT2D eigenvalue weighted by molar-refractivity contribution is -0.0250. The van der Waals surface area contributed by atoms with Gasteiger partial charge in [0.15, 0.2) is 5.82 Å². The van der Waals surface area contributed by atoms with Gasteiger partial charge in [-0.1, -0.05) is 0 Å². The van der Waals surface area contributed by atoms with Gasteiger partial charge in [-0.15, -0.1) is 10.2 Å². The zero-order chi connectivity index (χ0) is 28.3. The topological polar surface area (TPSA) is 115 Å². The molecule has 3 aromatic rings. The first-order chi connectivity index (χ1) is 20.0. The van der Waals surface area contributed by atoms with Gasteiger partial charge in [0, 0.05) is 62.9 Å². The highest BCUT2D eigenvalue weighted by Crippen LogP contribution is 2.34. The normalized spacial score (nSPS) is 21.3. The molecule has 5 heterocycles. The lowest BCUT2D eigenvalue weighted by atomic mass is 10.1. The van der Waals surface area contributed by atoms with Gasteiger partial charge in [-0.25, -0.2) is 9.37 Å². The Balaban J connectivity index is 1.17. The summed E-state index contributed by atoms with van der Waals surface area (Å²) < 4.78 is 32.5. The fraction of sp³-hybridized carbons (Fsp3) is 0.483. The number of anilines is 1. The molecule has 0 saturated carbocycles. The van der Waals surface area contributed by atoms with Gasteiger partial charge in [-0.2, -0.15) is 0 Å². The fourth-order valence-corrected chi connectivity index (χ4v) is 5.76. The van der Waals surface area contributed by atoms with Crippen LogP contribution in [0.2, 0.25) is 0 Å². The number of carbonyl (C=O) groups excluding carboxylic acids is 1. The van der Waals surface area contributed by atoms with Gasteiger partial charge in [0.2, 0.25) is 0 Å². The molecule has 12 heteroatoms. The molecule has 2 saturated heterocycles. The molecule has 0 aliphatic carbocycles. The van der Waals surface area contributed by atoms with E-state index >= 15 is 0 Å². The molecule has 0 radical (unpaired) electrons. The number of nitrogens with one attached hydrogen (secondary N) is 1. The molecule has 216 valence electrons. The highest BCUT2D eigenvalue weighted by Gasteiger charge is 2.33. The molecule has 6 rings (SSSR count). The number of carbonyl (C=O) groups is 1. The van der Waals surface area contributed by atoms with Gasteiger partial charge < -0.3 is 29.3 Å². The van der Waals surface area contributed by atoms with Crippen LogP contribution in [0.3, 0.4) is 0 Å². The number of halogens is 1. The Labute approximate surface area is 238 Å². The van der Waals surface area contributed by atoms with Crippen LogP contribution in [0.15, 0.2) is 36.8 Å². The van der Waals surface area contributed by atoms with Crippen LogP contribution < -0.4 is 19.7 Å². The van der Waals surface area contributed by atoms with Crippen molar-refractivity contribution in [1.29, 1.82) is 0 Å². The van der Waals surface area contributed by atoms with Crippen LogP contribution in [-0.4, -0.2) is 82.0 Å². The van der Waals surface area contributed by atoms with Crippen molar-refractivity contribution in [2.24, 2.45) is 0 Å². The van der Waals surface area contributed by atoms with Crippen LogP contribution in [-0.2, 0) is 17.7 Å². The van der Waals surface area contributed by atoms with Crippen molar-refractivity contribution in [3.05, 3.63) is 59.4 Å². The van der Waals surface area contributed by atoms with Gasteiger partial charge in [-0.3, -0.25) is 9.78 Å². The number of ether oxygens (including phenoxy) is 3. The number of pyridine rings is 1. The maximum atomic E-state index is 14.3. The van der Waals surface area contributed by atoms with E-state index in [4.69, 9.17) is 14.2 Å². The average Bonchev–Trinajstić information content (AvgIpc) is 2.99. The second-order valence-corrected chi connectivity index (χ2v) is 10.7. The molecule has 1 amide bonds. The Morgan fingerprint density at radius 3 is 2.71 bits per heavy atom. The molecular weight excluding hydrogens is 529 g/mol. The summed E-state index contributed by atoms with van der Waals surface area (Å²) in [5.74, 6) is 0.906. The number of amides is 1. The van der Waals surface area contributed by atoms with E-state index in [9.17, 15) is 9.18 Å². The van der Waals surface area contributed by atoms with E-state index in [0.717, 1.165) is 49.4 Å². The first-order valence-corrected chi connectivity index (χ1v) is 14.1. The highest BCUT2D eigenvalue weighted by atomic mass is 19.1. The molecule has 2 aromatic heterocycles. The highest BCUT2D eigenvalue weighted by molar-refractivity contribution is 5.97. The number of nitrogens with zero attached hydrogens (tertiary/aromatic N) is 6. The molecule has 41 heavy (non-hydrogen) atoms. The molecule has 11 nitrogen and oxygen atoms in total. The van der Waals surface area contributed by atoms with Gasteiger partial charge in [0.05, 0.1) is 30.9 Å². The van der Waals surface area contributed by atoms with Crippen molar-refractivity contribution in [3.8, 4) is 17.4 Å². The van der Waals surface area contributed by atoms with Crippen LogP contribution in [0.5, 0.6) is 17.4 Å². The van der Waals surface area contributed by atoms with E-state index in [-0.39, 0.29) is 41.3 Å². The van der Waals surface area contributed by atoms with E-state index < -0.39 is 5.82 Å². The molecule has 3 aliphatic rings. The standard InChI is InChI=1S/C29H34FN7O4/c1-18-15-39-16-19(2)37(18)29(38)22-13-20(30)3-4-25(22)41-28-27(33-17-34-35-28)36-11-7-21(8-12-36)40-26-6-10-32-24-5-9-31-14-23(24)26/h3-4,6,10,13,17-19,21,31H,5,7-9,11-12,14-16H2,1-2H3/t18-,19-/m1/s1. The summed E-state index contributed by atoms with van der Waals surface area (Å²) in [5.41, 5.74) is 2.36. The SMILES string of the molecule is C[C@@H]1COC[C@@H](C)N1C(=O)c1cc(F)ccc1Oc1nncnc1N1CCC(Oc2ccnc3c2CNCC3)CC1. The van der Waals surface area contributed by atoms with E-state index in [2.05, 4.69) is 30.4 Å². The predicted octanol–water partition coefficient (Wildman–Crippen LogP) is 3.14. The largest absolute Gasteiger partial charge is 0.490 e. The summed E-state index contributed by atoms with van der Waals surface area (Å²) >= 11 is 0. The summed E-state index contributed by atoms with van der Waals surface area (Å²) in [6.07, 6.45) is 5.70. The Morgan fingerprint density at radius 2 is 1.90 bits per heavy atom. The first-order valence-electron chi connectivity index (χ1n) is 14.1. The zero-order valence-corrected chi connectivity index (χ0v) is 23.3. The number of aromatic nitrogens is 4. The quantitative estimate of drug-likeness (QED) is 0.480. The molecule has 2 atom stereocenters. The van der Waals surface area contributed by atoms with Crippen molar-refractivity contribution < 1.29 is 23.4 Å². The number of piperidine rings is 1.